The average Bonchev–Trinajstić information content (AvgIpc) is 2.51. The highest BCUT2D eigenvalue weighted by Gasteiger charge is 2.04. The normalized spacial score (nSPS) is 13.0. The molecular formula is C19H31NO. The number of benzene rings is 1. The van der Waals surface area contributed by atoms with Gasteiger partial charge in [-0.05, 0) is 56.0 Å². The number of rotatable bonds is 10. The Kier molecular flexibility index (Phi) is 8.84. The maximum absolute atomic E-state index is 5.20. The second-order valence-electron chi connectivity index (χ2n) is 5.68. The van der Waals surface area contributed by atoms with Crippen molar-refractivity contribution in [1.82, 2.24) is 4.90 Å². The fourth-order valence-electron chi connectivity index (χ4n) is 2.52. The van der Waals surface area contributed by atoms with E-state index in [4.69, 9.17) is 4.74 Å². The SMILES string of the molecule is CCCN(C/C=C/CC(C)c1ccc(OC)cc1)CCC. The van der Waals surface area contributed by atoms with Crippen LogP contribution in [0.5, 0.6) is 5.75 Å². The lowest BCUT2D eigenvalue weighted by atomic mass is 9.97. The molecule has 1 rings (SSSR count). The molecule has 0 bridgehead atoms. The van der Waals surface area contributed by atoms with E-state index in [1.54, 1.807) is 7.11 Å². The van der Waals surface area contributed by atoms with Crippen LogP contribution in [-0.2, 0) is 0 Å². The molecule has 0 aliphatic carbocycles. The van der Waals surface area contributed by atoms with E-state index in [9.17, 15) is 0 Å². The highest BCUT2D eigenvalue weighted by atomic mass is 16.5. The van der Waals surface area contributed by atoms with E-state index >= 15 is 0 Å². The summed E-state index contributed by atoms with van der Waals surface area (Å²) in [6.07, 6.45) is 8.21. The zero-order chi connectivity index (χ0) is 15.5. The molecule has 0 aliphatic rings. The Balaban J connectivity index is 2.39. The van der Waals surface area contributed by atoms with Crippen LogP contribution in [0, 0.1) is 0 Å². The third-order valence-corrected chi connectivity index (χ3v) is 3.78. The maximum atomic E-state index is 5.20. The largest absolute Gasteiger partial charge is 0.497 e. The van der Waals surface area contributed by atoms with Gasteiger partial charge in [-0.2, -0.15) is 0 Å². The summed E-state index contributed by atoms with van der Waals surface area (Å²) in [6, 6.07) is 8.41. The summed E-state index contributed by atoms with van der Waals surface area (Å²) < 4.78 is 5.20. The lowest BCUT2D eigenvalue weighted by Gasteiger charge is -2.18. The van der Waals surface area contributed by atoms with Crippen LogP contribution in [0.3, 0.4) is 0 Å². The van der Waals surface area contributed by atoms with E-state index in [-0.39, 0.29) is 0 Å². The fraction of sp³-hybridized carbons (Fsp3) is 0.579. The summed E-state index contributed by atoms with van der Waals surface area (Å²) in [5.41, 5.74) is 1.37. The van der Waals surface area contributed by atoms with E-state index < -0.39 is 0 Å². The summed E-state index contributed by atoms with van der Waals surface area (Å²) in [7, 11) is 1.71. The minimum absolute atomic E-state index is 0.554. The number of nitrogens with zero attached hydrogens (tertiary/aromatic N) is 1. The minimum atomic E-state index is 0.554. The lowest BCUT2D eigenvalue weighted by molar-refractivity contribution is 0.303. The highest BCUT2D eigenvalue weighted by molar-refractivity contribution is 5.29. The molecule has 0 heterocycles. The van der Waals surface area contributed by atoms with Crippen molar-refractivity contribution in [2.45, 2.75) is 46.0 Å². The Morgan fingerprint density at radius 1 is 1.05 bits per heavy atom. The summed E-state index contributed by atoms with van der Waals surface area (Å²) in [4.78, 5) is 2.52. The van der Waals surface area contributed by atoms with Gasteiger partial charge in [0.25, 0.3) is 0 Å². The van der Waals surface area contributed by atoms with Crippen molar-refractivity contribution in [2.24, 2.45) is 0 Å². The molecule has 0 saturated heterocycles. The molecule has 0 amide bonds. The van der Waals surface area contributed by atoms with Gasteiger partial charge in [0.1, 0.15) is 5.75 Å². The first-order valence-corrected chi connectivity index (χ1v) is 8.22. The molecular weight excluding hydrogens is 258 g/mol. The molecule has 1 unspecified atom stereocenters. The molecule has 1 aromatic rings. The van der Waals surface area contributed by atoms with Gasteiger partial charge in [0.15, 0.2) is 0 Å². The third kappa shape index (κ3) is 6.81. The Labute approximate surface area is 130 Å². The van der Waals surface area contributed by atoms with Crippen LogP contribution in [-0.4, -0.2) is 31.6 Å². The van der Waals surface area contributed by atoms with Gasteiger partial charge >= 0.3 is 0 Å². The van der Waals surface area contributed by atoms with Crippen LogP contribution in [0.1, 0.15) is 51.5 Å². The van der Waals surface area contributed by atoms with Crippen LogP contribution in [0.4, 0.5) is 0 Å². The van der Waals surface area contributed by atoms with Crippen molar-refractivity contribution in [3.05, 3.63) is 42.0 Å². The minimum Gasteiger partial charge on any atom is -0.497 e. The van der Waals surface area contributed by atoms with Gasteiger partial charge < -0.3 is 4.74 Å². The van der Waals surface area contributed by atoms with Crippen molar-refractivity contribution in [1.29, 1.82) is 0 Å². The van der Waals surface area contributed by atoms with E-state index in [1.807, 2.05) is 12.1 Å². The zero-order valence-corrected chi connectivity index (χ0v) is 14.1. The molecule has 1 aromatic carbocycles. The molecule has 0 aliphatic heterocycles. The molecule has 118 valence electrons. The monoisotopic (exact) mass is 289 g/mol. The van der Waals surface area contributed by atoms with E-state index in [1.165, 1.54) is 31.5 Å². The Bertz CT molecular complexity index is 391. The van der Waals surface area contributed by atoms with Crippen molar-refractivity contribution in [2.75, 3.05) is 26.7 Å². The number of ether oxygens (including phenoxy) is 1. The Morgan fingerprint density at radius 2 is 1.67 bits per heavy atom. The van der Waals surface area contributed by atoms with Gasteiger partial charge in [-0.3, -0.25) is 4.90 Å². The molecule has 0 fully saturated rings. The van der Waals surface area contributed by atoms with Gasteiger partial charge in [0, 0.05) is 6.54 Å². The van der Waals surface area contributed by atoms with E-state index in [0.29, 0.717) is 5.92 Å². The van der Waals surface area contributed by atoms with Gasteiger partial charge in [-0.25, -0.2) is 0 Å². The molecule has 2 heteroatoms. The van der Waals surface area contributed by atoms with Crippen molar-refractivity contribution < 1.29 is 4.74 Å². The molecule has 0 radical (unpaired) electrons. The van der Waals surface area contributed by atoms with Crippen LogP contribution in [0.25, 0.3) is 0 Å². The molecule has 21 heavy (non-hydrogen) atoms. The summed E-state index contributed by atoms with van der Waals surface area (Å²) in [5.74, 6) is 1.48. The van der Waals surface area contributed by atoms with Gasteiger partial charge in [-0.1, -0.05) is 45.1 Å². The predicted molar refractivity (Wildman–Crippen MR) is 92.2 cm³/mol. The standard InChI is InChI=1S/C19H31NO/c1-5-14-20(15-6-2)16-8-7-9-17(3)18-10-12-19(21-4)13-11-18/h7-8,10-13,17H,5-6,9,14-16H2,1-4H3/b8-7+. The summed E-state index contributed by atoms with van der Waals surface area (Å²) in [6.45, 7) is 10.3. The van der Waals surface area contributed by atoms with Crippen LogP contribution < -0.4 is 4.74 Å². The number of hydrogen-bond acceptors (Lipinski definition) is 2. The third-order valence-electron chi connectivity index (χ3n) is 3.78. The van der Waals surface area contributed by atoms with Crippen LogP contribution in [0.2, 0.25) is 0 Å². The van der Waals surface area contributed by atoms with E-state index in [2.05, 4.69) is 50.0 Å². The summed E-state index contributed by atoms with van der Waals surface area (Å²) in [5, 5.41) is 0. The quantitative estimate of drug-likeness (QED) is 0.570. The number of allylic oxidation sites excluding steroid dienone is 1. The van der Waals surface area contributed by atoms with Gasteiger partial charge in [-0.15, -0.1) is 0 Å². The number of methoxy groups -OCH3 is 1. The number of hydrogen-bond donors (Lipinski definition) is 0. The fourth-order valence-corrected chi connectivity index (χ4v) is 2.52. The highest BCUT2D eigenvalue weighted by Crippen LogP contribution is 2.22. The van der Waals surface area contributed by atoms with Crippen molar-refractivity contribution >= 4 is 0 Å². The molecule has 0 spiro atoms. The second kappa shape index (κ2) is 10.4. The van der Waals surface area contributed by atoms with Gasteiger partial charge in [0.2, 0.25) is 0 Å². The second-order valence-corrected chi connectivity index (χ2v) is 5.68. The Morgan fingerprint density at radius 3 is 2.19 bits per heavy atom. The maximum Gasteiger partial charge on any atom is 0.118 e. The molecule has 0 aromatic heterocycles. The van der Waals surface area contributed by atoms with Crippen LogP contribution >= 0.6 is 0 Å². The first kappa shape index (κ1) is 17.8. The first-order chi connectivity index (χ1) is 10.2. The molecule has 1 atom stereocenters. The first-order valence-electron chi connectivity index (χ1n) is 8.22. The zero-order valence-electron chi connectivity index (χ0n) is 14.1. The average molecular weight is 289 g/mol. The lowest BCUT2D eigenvalue weighted by Crippen LogP contribution is -2.25. The Hall–Kier alpha value is -1.28. The van der Waals surface area contributed by atoms with E-state index in [0.717, 1.165) is 18.7 Å². The smallest absolute Gasteiger partial charge is 0.118 e. The van der Waals surface area contributed by atoms with Crippen molar-refractivity contribution in [3.8, 4) is 5.75 Å². The molecule has 2 nitrogen and oxygen atoms in total. The molecule has 0 N–H and O–H groups in total. The van der Waals surface area contributed by atoms with Crippen LogP contribution in [0.15, 0.2) is 36.4 Å². The topological polar surface area (TPSA) is 12.5 Å². The van der Waals surface area contributed by atoms with Crippen molar-refractivity contribution in [3.63, 3.8) is 0 Å². The van der Waals surface area contributed by atoms with Gasteiger partial charge in [0.05, 0.1) is 7.11 Å². The summed E-state index contributed by atoms with van der Waals surface area (Å²) >= 11 is 0. The molecule has 0 saturated carbocycles. The predicted octanol–water partition coefficient (Wildman–Crippen LogP) is 4.87.